The summed E-state index contributed by atoms with van der Waals surface area (Å²) in [5.41, 5.74) is 1.96. The quantitative estimate of drug-likeness (QED) is 0.658. The van der Waals surface area contributed by atoms with Gasteiger partial charge >= 0.3 is 5.97 Å². The van der Waals surface area contributed by atoms with Crippen LogP contribution in [0.25, 0.3) is 0 Å². The third kappa shape index (κ3) is 1.47. The number of hydrogen-bond donors (Lipinski definition) is 0. The highest BCUT2D eigenvalue weighted by molar-refractivity contribution is 5.90. The molecule has 0 aliphatic heterocycles. The van der Waals surface area contributed by atoms with Gasteiger partial charge in [-0.2, -0.15) is 0 Å². The molecule has 0 saturated heterocycles. The average Bonchev–Trinajstić information content (AvgIpc) is 2.03. The summed E-state index contributed by atoms with van der Waals surface area (Å²) in [5, 5.41) is 10.7. The van der Waals surface area contributed by atoms with E-state index in [1.807, 2.05) is 19.1 Å². The second-order valence-corrected chi connectivity index (χ2v) is 2.75. The smallest absolute Gasteiger partial charge is 0.241 e. The van der Waals surface area contributed by atoms with Crippen molar-refractivity contribution in [2.24, 2.45) is 0 Å². The highest BCUT2D eigenvalue weighted by Crippen LogP contribution is 2.14. The van der Waals surface area contributed by atoms with Crippen molar-refractivity contribution in [3.63, 3.8) is 0 Å². The fraction of sp³-hybridized carbons (Fsp3) is 0.300. The maximum Gasteiger partial charge on any atom is 0.386 e. The van der Waals surface area contributed by atoms with Gasteiger partial charge in [-0.05, 0) is 24.5 Å². The van der Waals surface area contributed by atoms with Crippen LogP contribution in [-0.4, -0.2) is 5.97 Å². The van der Waals surface area contributed by atoms with Crippen LogP contribution < -0.4 is 0 Å². The Bertz CT molecular complexity index is 303. The van der Waals surface area contributed by atoms with Crippen LogP contribution >= 0.6 is 0 Å². The third-order valence-corrected chi connectivity index (χ3v) is 1.94. The van der Waals surface area contributed by atoms with Gasteiger partial charge in [-0.3, -0.25) is 0 Å². The minimum atomic E-state index is -1.08. The lowest BCUT2D eigenvalue weighted by molar-refractivity contribution is 0.0571. The predicted octanol–water partition coefficient (Wildman–Crippen LogP) is 2.13. The predicted molar refractivity (Wildman–Crippen MR) is 45.6 cm³/mol. The van der Waals surface area contributed by atoms with Crippen molar-refractivity contribution in [2.75, 3.05) is 0 Å². The van der Waals surface area contributed by atoms with Crippen molar-refractivity contribution in [2.45, 2.75) is 20.3 Å². The first-order valence-corrected chi connectivity index (χ1v) is 3.96. The Morgan fingerprint density at radius 3 is 2.50 bits per heavy atom. The minimum Gasteiger partial charge on any atom is -0.241 e. The second-order valence-electron chi connectivity index (χ2n) is 2.75. The summed E-state index contributed by atoms with van der Waals surface area (Å²) in [4.78, 5) is 10.7. The van der Waals surface area contributed by atoms with Crippen LogP contribution in [0.1, 0.15) is 28.4 Å². The summed E-state index contributed by atoms with van der Waals surface area (Å²) >= 11 is 0. The molecule has 0 fully saturated rings. The third-order valence-electron chi connectivity index (χ3n) is 1.94. The van der Waals surface area contributed by atoms with E-state index >= 15 is 0 Å². The van der Waals surface area contributed by atoms with Crippen LogP contribution in [0, 0.1) is 6.92 Å². The van der Waals surface area contributed by atoms with E-state index in [4.69, 9.17) is 0 Å². The van der Waals surface area contributed by atoms with Crippen LogP contribution in [0.2, 0.25) is 0 Å². The molecule has 0 aliphatic carbocycles. The van der Waals surface area contributed by atoms with Crippen LogP contribution in [0.15, 0.2) is 18.2 Å². The molecular formula is C10H11O2. The van der Waals surface area contributed by atoms with Gasteiger partial charge in [0.05, 0.1) is 5.56 Å². The molecule has 2 heteroatoms. The Hall–Kier alpha value is -1.31. The van der Waals surface area contributed by atoms with Gasteiger partial charge < -0.3 is 0 Å². The molecule has 0 heterocycles. The van der Waals surface area contributed by atoms with Crippen molar-refractivity contribution in [1.82, 2.24) is 0 Å². The van der Waals surface area contributed by atoms with Crippen LogP contribution in [0.4, 0.5) is 0 Å². The van der Waals surface area contributed by atoms with E-state index in [2.05, 4.69) is 0 Å². The number of carbonyl (C=O) groups is 1. The minimum absolute atomic E-state index is 0.347. The number of benzene rings is 1. The first-order chi connectivity index (χ1) is 5.66. The number of aryl methyl sites for hydroxylation is 2. The maximum absolute atomic E-state index is 10.7. The summed E-state index contributed by atoms with van der Waals surface area (Å²) in [6.07, 6.45) is 0.727. The van der Waals surface area contributed by atoms with Gasteiger partial charge in [-0.25, -0.2) is 9.90 Å². The molecule has 2 nitrogen and oxygen atoms in total. The van der Waals surface area contributed by atoms with Crippen molar-refractivity contribution in [3.8, 4) is 0 Å². The summed E-state index contributed by atoms with van der Waals surface area (Å²) < 4.78 is 0. The molecule has 0 bridgehead atoms. The fourth-order valence-corrected chi connectivity index (χ4v) is 1.32. The molecule has 0 aliphatic rings. The lowest BCUT2D eigenvalue weighted by Gasteiger charge is -2.04. The Labute approximate surface area is 71.8 Å². The summed E-state index contributed by atoms with van der Waals surface area (Å²) in [6.45, 7) is 3.71. The van der Waals surface area contributed by atoms with E-state index in [9.17, 15) is 9.90 Å². The molecule has 1 radical (unpaired) electrons. The lowest BCUT2D eigenvalue weighted by Crippen LogP contribution is -2.02. The molecular weight excluding hydrogens is 152 g/mol. The summed E-state index contributed by atoms with van der Waals surface area (Å²) in [7, 11) is 0. The average molecular weight is 163 g/mol. The molecule has 0 atom stereocenters. The van der Waals surface area contributed by atoms with Gasteiger partial charge in [0, 0.05) is 0 Å². The molecule has 12 heavy (non-hydrogen) atoms. The molecule has 0 N–H and O–H groups in total. The molecule has 1 aromatic carbocycles. The number of carbonyl (C=O) groups excluding carboxylic acids is 1. The van der Waals surface area contributed by atoms with Crippen LogP contribution in [0.5, 0.6) is 0 Å². The second kappa shape index (κ2) is 3.39. The number of rotatable bonds is 2. The van der Waals surface area contributed by atoms with Crippen molar-refractivity contribution in [1.29, 1.82) is 0 Å². The van der Waals surface area contributed by atoms with Crippen LogP contribution in [0.3, 0.4) is 0 Å². The summed E-state index contributed by atoms with van der Waals surface area (Å²) in [5.74, 6) is -1.08. The van der Waals surface area contributed by atoms with E-state index in [0.717, 1.165) is 17.5 Å². The van der Waals surface area contributed by atoms with E-state index in [1.54, 1.807) is 13.0 Å². The SMILES string of the molecule is CCc1cccc(C)c1C([O])=O. The van der Waals surface area contributed by atoms with Gasteiger partial charge in [-0.1, -0.05) is 25.1 Å². The molecule has 0 amide bonds. The van der Waals surface area contributed by atoms with Crippen molar-refractivity contribution in [3.05, 3.63) is 34.9 Å². The van der Waals surface area contributed by atoms with Gasteiger partial charge in [-0.15, -0.1) is 0 Å². The van der Waals surface area contributed by atoms with Crippen LogP contribution in [-0.2, 0) is 11.5 Å². The molecule has 0 aromatic heterocycles. The molecule has 0 unspecified atom stereocenters. The summed E-state index contributed by atoms with van der Waals surface area (Å²) in [6, 6.07) is 5.46. The zero-order valence-electron chi connectivity index (χ0n) is 7.26. The number of hydrogen-bond acceptors (Lipinski definition) is 1. The van der Waals surface area contributed by atoms with Crippen molar-refractivity contribution < 1.29 is 9.90 Å². The monoisotopic (exact) mass is 163 g/mol. The first-order valence-electron chi connectivity index (χ1n) is 3.96. The maximum atomic E-state index is 10.7. The van der Waals surface area contributed by atoms with E-state index in [-0.39, 0.29) is 0 Å². The van der Waals surface area contributed by atoms with Gasteiger partial charge in [0.1, 0.15) is 0 Å². The fourth-order valence-electron chi connectivity index (χ4n) is 1.32. The first kappa shape index (κ1) is 8.78. The highest BCUT2D eigenvalue weighted by atomic mass is 16.4. The molecule has 1 rings (SSSR count). The van der Waals surface area contributed by atoms with Gasteiger partial charge in [0.2, 0.25) is 0 Å². The Morgan fingerprint density at radius 2 is 2.08 bits per heavy atom. The van der Waals surface area contributed by atoms with Gasteiger partial charge in [0.15, 0.2) is 0 Å². The lowest BCUT2D eigenvalue weighted by atomic mass is 10.0. The van der Waals surface area contributed by atoms with Crippen molar-refractivity contribution >= 4 is 5.97 Å². The molecule has 1 aromatic rings. The van der Waals surface area contributed by atoms with E-state index in [1.165, 1.54) is 0 Å². The normalized spacial score (nSPS) is 9.83. The Morgan fingerprint density at radius 1 is 1.42 bits per heavy atom. The Balaban J connectivity index is 3.29. The standard InChI is InChI=1S/C10H11O2/c1-3-8-6-4-5-7(2)9(8)10(11)12/h4-6H,3H2,1-2H3. The zero-order chi connectivity index (χ0) is 9.14. The topological polar surface area (TPSA) is 37.0 Å². The van der Waals surface area contributed by atoms with Gasteiger partial charge in [0.25, 0.3) is 0 Å². The highest BCUT2D eigenvalue weighted by Gasteiger charge is 2.12. The van der Waals surface area contributed by atoms with E-state index < -0.39 is 5.97 Å². The molecule has 63 valence electrons. The Kier molecular flexibility index (Phi) is 2.48. The zero-order valence-corrected chi connectivity index (χ0v) is 7.26. The molecule has 0 saturated carbocycles. The van der Waals surface area contributed by atoms with E-state index in [0.29, 0.717) is 5.56 Å². The largest absolute Gasteiger partial charge is 0.386 e. The molecule has 0 spiro atoms.